The van der Waals surface area contributed by atoms with E-state index in [1.54, 1.807) is 41.3 Å². The summed E-state index contributed by atoms with van der Waals surface area (Å²) in [4.78, 5) is 18.2. The molecular formula is C30H34Cl2F3N5O2. The van der Waals surface area contributed by atoms with Crippen LogP contribution in [-0.2, 0) is 17.4 Å². The number of hydrazone groups is 1. The van der Waals surface area contributed by atoms with Gasteiger partial charge in [0.1, 0.15) is 5.92 Å². The molecule has 2 aliphatic rings. The summed E-state index contributed by atoms with van der Waals surface area (Å²) in [7, 11) is 0. The first-order chi connectivity index (χ1) is 19.8. The van der Waals surface area contributed by atoms with Gasteiger partial charge in [-0.25, -0.2) is 0 Å². The third-order valence-electron chi connectivity index (χ3n) is 7.41. The molecule has 2 aliphatic heterocycles. The number of carbonyl (C=O) groups excluding carboxylic acids is 1. The highest BCUT2D eigenvalue weighted by Gasteiger charge is 2.36. The summed E-state index contributed by atoms with van der Waals surface area (Å²) < 4.78 is 40.6. The van der Waals surface area contributed by atoms with Gasteiger partial charge < -0.3 is 20.7 Å². The molecule has 2 atom stereocenters. The largest absolute Gasteiger partial charge is 0.596 e. The lowest BCUT2D eigenvalue weighted by molar-refractivity contribution is -0.512. The highest BCUT2D eigenvalue weighted by Crippen LogP contribution is 2.37. The molecule has 2 unspecified atom stereocenters. The van der Waals surface area contributed by atoms with Gasteiger partial charge in [-0.15, -0.1) is 0 Å². The van der Waals surface area contributed by atoms with Crippen molar-refractivity contribution in [3.63, 3.8) is 0 Å². The normalized spacial score (nSPS) is 17.4. The summed E-state index contributed by atoms with van der Waals surface area (Å²) in [5, 5.41) is 13.7. The molecule has 42 heavy (non-hydrogen) atoms. The second-order valence-corrected chi connectivity index (χ2v) is 11.7. The predicted octanol–water partition coefficient (Wildman–Crippen LogP) is 6.11. The molecule has 0 aliphatic carbocycles. The second kappa shape index (κ2) is 13.4. The van der Waals surface area contributed by atoms with Crippen molar-refractivity contribution < 1.29 is 22.8 Å². The molecule has 0 spiro atoms. The zero-order valence-electron chi connectivity index (χ0n) is 23.4. The number of hydrogen-bond donors (Lipinski definition) is 2. The Balaban J connectivity index is 1.58. The Morgan fingerprint density at radius 2 is 1.81 bits per heavy atom. The Bertz CT molecular complexity index is 1390. The molecule has 2 aromatic carbocycles. The average Bonchev–Trinajstić information content (AvgIpc) is 3.15. The van der Waals surface area contributed by atoms with E-state index in [9.17, 15) is 23.2 Å². The first-order valence-electron chi connectivity index (χ1n) is 13.7. The topological polar surface area (TPSA) is 87.7 Å². The molecule has 2 aromatic rings. The summed E-state index contributed by atoms with van der Waals surface area (Å²) in [5.41, 5.74) is 10.2. The van der Waals surface area contributed by atoms with Crippen LogP contribution in [0, 0.1) is 17.0 Å². The Labute approximate surface area is 253 Å². The molecular weight excluding hydrogens is 590 g/mol. The maximum absolute atomic E-state index is 14.0. The number of anilines is 1. The molecule has 1 amide bonds. The number of nitrogens with one attached hydrogen (secondary N) is 1. The van der Waals surface area contributed by atoms with Crippen molar-refractivity contribution >= 4 is 40.5 Å². The first kappa shape index (κ1) is 31.7. The third-order valence-corrected chi connectivity index (χ3v) is 7.99. The number of nitrogens with two attached hydrogens (primary N) is 1. The van der Waals surface area contributed by atoms with Crippen LogP contribution in [0.15, 0.2) is 60.8 Å². The van der Waals surface area contributed by atoms with Crippen LogP contribution in [0.1, 0.15) is 43.0 Å². The van der Waals surface area contributed by atoms with Crippen LogP contribution in [0.25, 0.3) is 0 Å². The van der Waals surface area contributed by atoms with E-state index in [-0.39, 0.29) is 24.0 Å². The second-order valence-electron chi connectivity index (χ2n) is 10.9. The number of piperazine rings is 1. The summed E-state index contributed by atoms with van der Waals surface area (Å²) in [6.07, 6.45) is 2.61. The Morgan fingerprint density at radius 3 is 2.45 bits per heavy atom. The van der Waals surface area contributed by atoms with Gasteiger partial charge in [-0.05, 0) is 66.3 Å². The number of halogens is 5. The standard InChI is InChI=1S/C30H34Cl2F3N5O2/c1-19(2)15-26(36)23-17-21(30(33,34)35)7-9-27(23)38-11-13-39(14-12-38)29(41)24(28-5-3-4-10-37-40(28)42)16-20-6-8-22(31)18-25(20)32/h3-10,17-19,24,26,37H,11-16,36H2,1-2H3. The van der Waals surface area contributed by atoms with E-state index >= 15 is 0 Å². The van der Waals surface area contributed by atoms with E-state index in [0.29, 0.717) is 64.3 Å². The van der Waals surface area contributed by atoms with Gasteiger partial charge in [0.25, 0.3) is 0 Å². The molecule has 0 aromatic heterocycles. The number of hydrogen-bond acceptors (Lipinski definition) is 5. The van der Waals surface area contributed by atoms with Crippen molar-refractivity contribution in [2.45, 2.75) is 38.9 Å². The van der Waals surface area contributed by atoms with Crippen molar-refractivity contribution in [3.8, 4) is 0 Å². The smallest absolute Gasteiger partial charge is 0.416 e. The van der Waals surface area contributed by atoms with Crippen molar-refractivity contribution in [2.24, 2.45) is 17.6 Å². The van der Waals surface area contributed by atoms with Crippen LogP contribution in [0.2, 0.25) is 10.0 Å². The molecule has 0 bridgehead atoms. The van der Waals surface area contributed by atoms with Crippen LogP contribution in [0.3, 0.4) is 0 Å². The maximum atomic E-state index is 14.0. The maximum Gasteiger partial charge on any atom is 0.416 e. The fourth-order valence-corrected chi connectivity index (χ4v) is 5.77. The molecule has 1 saturated heterocycles. The van der Waals surface area contributed by atoms with Gasteiger partial charge in [0.2, 0.25) is 11.6 Å². The number of hydrazine groups is 1. The van der Waals surface area contributed by atoms with Gasteiger partial charge in [0.15, 0.2) is 0 Å². The molecule has 0 saturated carbocycles. The van der Waals surface area contributed by atoms with Gasteiger partial charge in [-0.2, -0.15) is 18.6 Å². The highest BCUT2D eigenvalue weighted by molar-refractivity contribution is 6.35. The van der Waals surface area contributed by atoms with Crippen LogP contribution in [0.5, 0.6) is 0 Å². The molecule has 2 heterocycles. The van der Waals surface area contributed by atoms with Crippen molar-refractivity contribution in [1.29, 1.82) is 0 Å². The number of nitrogens with zero attached hydrogens (tertiary/aromatic N) is 3. The van der Waals surface area contributed by atoms with Gasteiger partial charge in [-0.1, -0.05) is 54.0 Å². The highest BCUT2D eigenvalue weighted by atomic mass is 35.5. The van der Waals surface area contributed by atoms with Crippen LogP contribution >= 0.6 is 23.2 Å². The lowest BCUT2D eigenvalue weighted by atomic mass is 9.92. The van der Waals surface area contributed by atoms with Crippen molar-refractivity contribution in [1.82, 2.24) is 10.3 Å². The van der Waals surface area contributed by atoms with Gasteiger partial charge in [-0.3, -0.25) is 4.79 Å². The number of benzene rings is 2. The fourth-order valence-electron chi connectivity index (χ4n) is 5.28. The summed E-state index contributed by atoms with van der Waals surface area (Å²) in [6.45, 7) is 5.34. The number of alkyl halides is 3. The van der Waals surface area contributed by atoms with Crippen LogP contribution < -0.4 is 16.1 Å². The number of rotatable bonds is 8. The monoisotopic (exact) mass is 623 g/mol. The van der Waals surface area contributed by atoms with E-state index < -0.39 is 23.7 Å². The van der Waals surface area contributed by atoms with E-state index in [1.807, 2.05) is 18.7 Å². The molecule has 1 fully saturated rings. The molecule has 7 nitrogen and oxygen atoms in total. The predicted molar refractivity (Wildman–Crippen MR) is 160 cm³/mol. The Morgan fingerprint density at radius 1 is 1.10 bits per heavy atom. The number of carbonyl (C=O) groups is 1. The summed E-state index contributed by atoms with van der Waals surface area (Å²) in [6, 6.07) is 8.12. The van der Waals surface area contributed by atoms with E-state index in [0.717, 1.165) is 12.1 Å². The van der Waals surface area contributed by atoms with E-state index in [4.69, 9.17) is 28.9 Å². The van der Waals surface area contributed by atoms with Crippen molar-refractivity contribution in [2.75, 3.05) is 31.1 Å². The van der Waals surface area contributed by atoms with Crippen LogP contribution in [-0.4, -0.2) is 47.5 Å². The molecule has 0 radical (unpaired) electrons. The average molecular weight is 625 g/mol. The minimum absolute atomic E-state index is 0.169. The quantitative estimate of drug-likeness (QED) is 0.274. The third kappa shape index (κ3) is 7.59. The van der Waals surface area contributed by atoms with Gasteiger partial charge in [0, 0.05) is 54.0 Å². The summed E-state index contributed by atoms with van der Waals surface area (Å²) >= 11 is 12.5. The minimum Gasteiger partial charge on any atom is -0.596 e. The van der Waals surface area contributed by atoms with Crippen LogP contribution in [0.4, 0.5) is 18.9 Å². The Hall–Kier alpha value is -3.21. The minimum atomic E-state index is -4.48. The van der Waals surface area contributed by atoms with Gasteiger partial charge >= 0.3 is 6.18 Å². The summed E-state index contributed by atoms with van der Waals surface area (Å²) in [5.74, 6) is -0.907. The fraction of sp³-hybridized carbons (Fsp3) is 0.400. The van der Waals surface area contributed by atoms with E-state index in [1.165, 1.54) is 12.3 Å². The first-order valence-corrected chi connectivity index (χ1v) is 14.5. The molecule has 3 N–H and O–H groups in total. The van der Waals surface area contributed by atoms with Gasteiger partial charge in [0.05, 0.1) is 11.8 Å². The van der Waals surface area contributed by atoms with E-state index in [2.05, 4.69) is 5.43 Å². The SMILES string of the molecule is CC(C)CC(N)c1cc(C(F)(F)F)ccc1N1CCN(C(=O)C(Cc2ccc(Cl)cc2Cl)C2=[N+]([O-])NC=CC=C2)CC1. The number of allylic oxidation sites excluding steroid dienone is 3. The lowest BCUT2D eigenvalue weighted by Gasteiger charge is -2.39. The number of amides is 1. The Kier molecular flexibility index (Phi) is 10.1. The molecule has 226 valence electrons. The van der Waals surface area contributed by atoms with Crippen molar-refractivity contribution in [3.05, 3.63) is 92.8 Å². The zero-order valence-corrected chi connectivity index (χ0v) is 24.9. The lowest BCUT2D eigenvalue weighted by Crippen LogP contribution is -2.52. The molecule has 4 rings (SSSR count). The molecule has 12 heteroatoms. The zero-order chi connectivity index (χ0) is 30.6.